The highest BCUT2D eigenvalue weighted by Crippen LogP contribution is 2.40. The number of nitrogens with zero attached hydrogens (tertiary/aromatic N) is 3. The Morgan fingerprint density at radius 3 is 2.79 bits per heavy atom. The van der Waals surface area contributed by atoms with Crippen molar-refractivity contribution in [1.82, 2.24) is 20.1 Å². The smallest absolute Gasteiger partial charge is 0.230 e. The Morgan fingerprint density at radius 2 is 2.04 bits per heavy atom. The van der Waals surface area contributed by atoms with E-state index in [1.165, 1.54) is 11.8 Å². The number of aromatic nitrogens is 3. The summed E-state index contributed by atoms with van der Waals surface area (Å²) in [7, 11) is 1.63. The largest absolute Gasteiger partial charge is 0.497 e. The average Bonchev–Trinajstić information content (AvgIpc) is 3.50. The summed E-state index contributed by atoms with van der Waals surface area (Å²) in [5.41, 5.74) is 2.01. The minimum atomic E-state index is -0.0446. The summed E-state index contributed by atoms with van der Waals surface area (Å²) in [4.78, 5) is 16.9. The van der Waals surface area contributed by atoms with E-state index in [0.717, 1.165) is 35.7 Å². The molecule has 7 heteroatoms. The van der Waals surface area contributed by atoms with Crippen molar-refractivity contribution in [3.63, 3.8) is 0 Å². The molecule has 144 valence electrons. The summed E-state index contributed by atoms with van der Waals surface area (Å²) in [5, 5.41) is 8.20. The molecule has 1 N–H and O–H groups in total. The Bertz CT molecular complexity index is 954. The lowest BCUT2D eigenvalue weighted by atomic mass is 10.2. The van der Waals surface area contributed by atoms with E-state index in [-0.39, 0.29) is 11.7 Å². The maximum Gasteiger partial charge on any atom is 0.230 e. The van der Waals surface area contributed by atoms with Gasteiger partial charge in [0.25, 0.3) is 0 Å². The van der Waals surface area contributed by atoms with Gasteiger partial charge in [-0.1, -0.05) is 42.1 Å². The van der Waals surface area contributed by atoms with Crippen LogP contribution in [0.3, 0.4) is 0 Å². The van der Waals surface area contributed by atoms with Gasteiger partial charge in [0.15, 0.2) is 0 Å². The molecule has 4 rings (SSSR count). The van der Waals surface area contributed by atoms with Crippen molar-refractivity contribution >= 4 is 17.7 Å². The van der Waals surface area contributed by atoms with E-state index in [4.69, 9.17) is 4.74 Å². The number of thioether (sulfide) groups is 1. The van der Waals surface area contributed by atoms with Gasteiger partial charge in [0.05, 0.1) is 18.6 Å². The van der Waals surface area contributed by atoms with Crippen LogP contribution in [0.25, 0.3) is 5.69 Å². The van der Waals surface area contributed by atoms with Crippen LogP contribution in [0.15, 0.2) is 59.8 Å². The summed E-state index contributed by atoms with van der Waals surface area (Å²) in [6.07, 6.45) is 2.30. The first kappa shape index (κ1) is 18.6. The number of nitrogens with one attached hydrogen (secondary N) is 1. The fourth-order valence-electron chi connectivity index (χ4n) is 2.89. The topological polar surface area (TPSA) is 69.0 Å². The molecule has 1 aromatic heterocycles. The van der Waals surface area contributed by atoms with E-state index in [1.54, 1.807) is 7.11 Å². The maximum atomic E-state index is 12.2. The van der Waals surface area contributed by atoms with Crippen LogP contribution in [0.2, 0.25) is 0 Å². The predicted molar refractivity (Wildman–Crippen MR) is 109 cm³/mol. The van der Waals surface area contributed by atoms with E-state index >= 15 is 0 Å². The van der Waals surface area contributed by atoms with Gasteiger partial charge in [0.1, 0.15) is 11.6 Å². The van der Waals surface area contributed by atoms with Crippen molar-refractivity contribution in [2.75, 3.05) is 12.9 Å². The number of carbonyl (C=O) groups excluding carboxylic acids is 1. The Balaban J connectivity index is 1.36. The highest BCUT2D eigenvalue weighted by molar-refractivity contribution is 7.99. The summed E-state index contributed by atoms with van der Waals surface area (Å²) in [6.45, 7) is 0.468. The van der Waals surface area contributed by atoms with Gasteiger partial charge in [-0.15, -0.1) is 5.10 Å². The molecule has 1 aliphatic carbocycles. The molecule has 0 unspecified atom stereocenters. The maximum absolute atomic E-state index is 12.2. The summed E-state index contributed by atoms with van der Waals surface area (Å²) in [5.74, 6) is 2.49. The monoisotopic (exact) mass is 394 g/mol. The van der Waals surface area contributed by atoms with Crippen molar-refractivity contribution in [2.45, 2.75) is 30.5 Å². The van der Waals surface area contributed by atoms with Crippen LogP contribution in [-0.4, -0.2) is 33.5 Å². The van der Waals surface area contributed by atoms with Crippen molar-refractivity contribution in [3.05, 3.63) is 66.0 Å². The number of carbonyl (C=O) groups is 1. The molecule has 3 aromatic rings. The second-order valence-corrected chi connectivity index (χ2v) is 7.63. The molecule has 1 heterocycles. The van der Waals surface area contributed by atoms with E-state index in [2.05, 4.69) is 15.4 Å². The standard InChI is InChI=1S/C21H22N4O2S/c1-27-18-9-5-6-15(12-18)13-22-19(26)14-28-21-23-20(16-10-11-16)25(24-21)17-7-3-2-4-8-17/h2-9,12,16H,10-11,13-14H2,1H3,(H,22,26). The molecule has 0 saturated heterocycles. The van der Waals surface area contributed by atoms with Crippen LogP contribution in [0.5, 0.6) is 5.75 Å². The first-order valence-electron chi connectivity index (χ1n) is 9.28. The molecule has 1 aliphatic rings. The molecule has 0 spiro atoms. The fourth-order valence-corrected chi connectivity index (χ4v) is 3.55. The van der Waals surface area contributed by atoms with Gasteiger partial charge < -0.3 is 10.1 Å². The average molecular weight is 395 g/mol. The Morgan fingerprint density at radius 1 is 1.21 bits per heavy atom. The van der Waals surface area contributed by atoms with E-state index in [1.807, 2.05) is 59.3 Å². The number of benzene rings is 2. The van der Waals surface area contributed by atoms with Gasteiger partial charge in [-0.25, -0.2) is 9.67 Å². The van der Waals surface area contributed by atoms with E-state index < -0.39 is 0 Å². The highest BCUT2D eigenvalue weighted by Gasteiger charge is 2.30. The fraction of sp³-hybridized carbons (Fsp3) is 0.286. The molecule has 1 saturated carbocycles. The van der Waals surface area contributed by atoms with Gasteiger partial charge in [-0.05, 0) is 42.7 Å². The van der Waals surface area contributed by atoms with Crippen molar-refractivity contribution in [2.24, 2.45) is 0 Å². The molecule has 28 heavy (non-hydrogen) atoms. The van der Waals surface area contributed by atoms with E-state index in [9.17, 15) is 4.79 Å². The zero-order chi connectivity index (χ0) is 19.3. The number of methoxy groups -OCH3 is 1. The third kappa shape index (κ3) is 4.54. The number of amides is 1. The molecule has 0 aliphatic heterocycles. The third-order valence-corrected chi connectivity index (χ3v) is 5.35. The zero-order valence-corrected chi connectivity index (χ0v) is 16.5. The molecule has 6 nitrogen and oxygen atoms in total. The number of para-hydroxylation sites is 1. The van der Waals surface area contributed by atoms with Crippen LogP contribution in [-0.2, 0) is 11.3 Å². The summed E-state index contributed by atoms with van der Waals surface area (Å²) < 4.78 is 7.12. The van der Waals surface area contributed by atoms with Crippen molar-refractivity contribution in [1.29, 1.82) is 0 Å². The molecule has 0 radical (unpaired) electrons. The molecule has 0 atom stereocenters. The Labute approximate surface area is 168 Å². The number of rotatable bonds is 8. The van der Waals surface area contributed by atoms with Crippen LogP contribution >= 0.6 is 11.8 Å². The quantitative estimate of drug-likeness (QED) is 0.592. The minimum Gasteiger partial charge on any atom is -0.497 e. The zero-order valence-electron chi connectivity index (χ0n) is 15.7. The van der Waals surface area contributed by atoms with Crippen LogP contribution in [0.1, 0.15) is 30.1 Å². The van der Waals surface area contributed by atoms with Crippen LogP contribution < -0.4 is 10.1 Å². The van der Waals surface area contributed by atoms with Crippen LogP contribution in [0.4, 0.5) is 0 Å². The Hall–Kier alpha value is -2.80. The highest BCUT2D eigenvalue weighted by atomic mass is 32.2. The molecule has 0 bridgehead atoms. The van der Waals surface area contributed by atoms with Gasteiger partial charge in [0, 0.05) is 12.5 Å². The summed E-state index contributed by atoms with van der Waals surface area (Å²) in [6, 6.07) is 17.7. The number of ether oxygens (including phenoxy) is 1. The van der Waals surface area contributed by atoms with Crippen molar-refractivity contribution in [3.8, 4) is 11.4 Å². The first-order valence-corrected chi connectivity index (χ1v) is 10.3. The number of hydrogen-bond acceptors (Lipinski definition) is 5. The van der Waals surface area contributed by atoms with E-state index in [0.29, 0.717) is 17.6 Å². The molecule has 2 aromatic carbocycles. The second-order valence-electron chi connectivity index (χ2n) is 6.69. The minimum absolute atomic E-state index is 0.0446. The SMILES string of the molecule is COc1cccc(CNC(=O)CSc2nc(C3CC3)n(-c3ccccc3)n2)c1. The van der Waals surface area contributed by atoms with Gasteiger partial charge in [-0.2, -0.15) is 0 Å². The predicted octanol–water partition coefficient (Wildman–Crippen LogP) is 3.56. The molecular formula is C21H22N4O2S. The second kappa shape index (κ2) is 8.48. The first-order chi connectivity index (χ1) is 13.7. The lowest BCUT2D eigenvalue weighted by Crippen LogP contribution is -2.24. The van der Waals surface area contributed by atoms with Gasteiger partial charge in [0.2, 0.25) is 11.1 Å². The number of hydrogen-bond donors (Lipinski definition) is 1. The molecular weight excluding hydrogens is 372 g/mol. The lowest BCUT2D eigenvalue weighted by molar-refractivity contribution is -0.118. The third-order valence-electron chi connectivity index (χ3n) is 4.51. The lowest BCUT2D eigenvalue weighted by Gasteiger charge is -2.06. The van der Waals surface area contributed by atoms with Gasteiger partial charge in [-0.3, -0.25) is 4.79 Å². The normalized spacial score (nSPS) is 13.3. The Kier molecular flexibility index (Phi) is 5.62. The molecule has 1 amide bonds. The molecule has 1 fully saturated rings. The van der Waals surface area contributed by atoms with Crippen molar-refractivity contribution < 1.29 is 9.53 Å². The van der Waals surface area contributed by atoms with Gasteiger partial charge >= 0.3 is 0 Å². The summed E-state index contributed by atoms with van der Waals surface area (Å²) >= 11 is 1.37. The van der Waals surface area contributed by atoms with Crippen LogP contribution in [0, 0.1) is 0 Å².